The van der Waals surface area contributed by atoms with Crippen LogP contribution in [0.25, 0.3) is 86.8 Å². The lowest BCUT2D eigenvalue weighted by atomic mass is 9.89. The second-order valence-corrected chi connectivity index (χ2v) is 11.6. The third-order valence-corrected chi connectivity index (χ3v) is 9.15. The highest BCUT2D eigenvalue weighted by Gasteiger charge is 2.22. The van der Waals surface area contributed by atoms with E-state index in [1.54, 1.807) is 11.3 Å². The summed E-state index contributed by atoms with van der Waals surface area (Å²) in [6, 6.07) is 46.6. The van der Waals surface area contributed by atoms with E-state index in [4.69, 9.17) is 14.4 Å². The summed E-state index contributed by atoms with van der Waals surface area (Å²) in [4.78, 5) is 10.2. The van der Waals surface area contributed by atoms with Crippen LogP contribution in [0.3, 0.4) is 0 Å². The van der Waals surface area contributed by atoms with E-state index in [-0.39, 0.29) is 0 Å². The van der Waals surface area contributed by atoms with Gasteiger partial charge in [0.25, 0.3) is 0 Å². The van der Waals surface area contributed by atoms with Gasteiger partial charge in [-0.25, -0.2) is 9.97 Å². The fourth-order valence-electron chi connectivity index (χ4n) is 6.22. The number of para-hydroxylation sites is 3. The van der Waals surface area contributed by atoms with E-state index in [1.807, 2.05) is 18.2 Å². The van der Waals surface area contributed by atoms with Crippen molar-refractivity contribution in [2.24, 2.45) is 0 Å². The third kappa shape index (κ3) is 3.52. The molecule has 196 valence electrons. The summed E-state index contributed by atoms with van der Waals surface area (Å²) >= 11 is 1.73. The van der Waals surface area contributed by atoms with Crippen LogP contribution in [0.15, 0.2) is 138 Å². The first kappa shape index (κ1) is 23.4. The maximum Gasteiger partial charge on any atom is 0.136 e. The Kier molecular flexibility index (Phi) is 5.07. The lowest BCUT2D eigenvalue weighted by molar-refractivity contribution is 0.669. The molecule has 3 aromatic heterocycles. The Labute approximate surface area is 245 Å². The summed E-state index contributed by atoms with van der Waals surface area (Å²) in [6.45, 7) is 0. The van der Waals surface area contributed by atoms with Crippen molar-refractivity contribution in [1.29, 1.82) is 0 Å². The zero-order valence-corrected chi connectivity index (χ0v) is 23.2. The van der Waals surface area contributed by atoms with Crippen molar-refractivity contribution < 1.29 is 4.42 Å². The summed E-state index contributed by atoms with van der Waals surface area (Å²) < 4.78 is 7.73. The molecule has 0 fully saturated rings. The summed E-state index contributed by atoms with van der Waals surface area (Å²) in [6.07, 6.45) is 0. The van der Waals surface area contributed by atoms with Crippen molar-refractivity contribution in [3.05, 3.63) is 133 Å². The van der Waals surface area contributed by atoms with Gasteiger partial charge in [0.1, 0.15) is 16.2 Å². The number of benzene rings is 6. The van der Waals surface area contributed by atoms with Crippen molar-refractivity contribution in [3.63, 3.8) is 0 Å². The first-order chi connectivity index (χ1) is 20.8. The molecule has 0 spiro atoms. The van der Waals surface area contributed by atoms with Crippen molar-refractivity contribution in [1.82, 2.24) is 9.97 Å². The van der Waals surface area contributed by atoms with Crippen LogP contribution in [-0.2, 0) is 0 Å². The minimum atomic E-state index is 0.860. The van der Waals surface area contributed by atoms with E-state index in [0.717, 1.165) is 76.7 Å². The smallest absolute Gasteiger partial charge is 0.136 e. The predicted molar refractivity (Wildman–Crippen MR) is 176 cm³/mol. The molecule has 6 aromatic carbocycles. The summed E-state index contributed by atoms with van der Waals surface area (Å²) in [7, 11) is 0. The van der Waals surface area contributed by atoms with Gasteiger partial charge in [0.05, 0.1) is 21.4 Å². The van der Waals surface area contributed by atoms with E-state index >= 15 is 0 Å². The molecule has 0 radical (unpaired) electrons. The lowest BCUT2D eigenvalue weighted by Crippen LogP contribution is -1.93. The quantitative estimate of drug-likeness (QED) is 0.204. The topological polar surface area (TPSA) is 38.9 Å². The molecule has 0 aliphatic rings. The number of hydrogen-bond donors (Lipinski definition) is 0. The van der Waals surface area contributed by atoms with Crippen molar-refractivity contribution >= 4 is 65.2 Å². The van der Waals surface area contributed by atoms with Crippen LogP contribution < -0.4 is 0 Å². The van der Waals surface area contributed by atoms with Gasteiger partial charge in [-0.05, 0) is 42.0 Å². The highest BCUT2D eigenvalue weighted by atomic mass is 32.1. The van der Waals surface area contributed by atoms with Crippen LogP contribution in [0.2, 0.25) is 0 Å². The van der Waals surface area contributed by atoms with Crippen LogP contribution in [0.1, 0.15) is 0 Å². The average molecular weight is 555 g/mol. The van der Waals surface area contributed by atoms with Crippen LogP contribution >= 0.6 is 11.3 Å². The molecule has 9 aromatic rings. The number of furan rings is 1. The maximum atomic E-state index is 6.54. The number of hydrogen-bond acceptors (Lipinski definition) is 4. The van der Waals surface area contributed by atoms with Crippen LogP contribution in [-0.4, -0.2) is 9.97 Å². The first-order valence-electron chi connectivity index (χ1n) is 14.0. The molecule has 0 saturated heterocycles. The summed E-state index contributed by atoms with van der Waals surface area (Å²) in [5.74, 6) is 0. The Hall–Kier alpha value is -5.32. The molecule has 0 N–H and O–H groups in total. The van der Waals surface area contributed by atoms with Crippen LogP contribution in [0.5, 0.6) is 0 Å². The van der Waals surface area contributed by atoms with E-state index in [1.165, 1.54) is 10.1 Å². The molecule has 0 aliphatic carbocycles. The van der Waals surface area contributed by atoms with Gasteiger partial charge in [-0.15, -0.1) is 11.3 Å². The predicted octanol–water partition coefficient (Wildman–Crippen LogP) is 10.9. The molecule has 0 amide bonds. The van der Waals surface area contributed by atoms with E-state index < -0.39 is 0 Å². The Morgan fingerprint density at radius 3 is 2.07 bits per heavy atom. The van der Waals surface area contributed by atoms with Gasteiger partial charge in [0.2, 0.25) is 0 Å². The summed E-state index contributed by atoms with van der Waals surface area (Å²) in [5, 5.41) is 6.63. The molecule has 9 rings (SSSR count). The minimum absolute atomic E-state index is 0.860. The van der Waals surface area contributed by atoms with Gasteiger partial charge >= 0.3 is 0 Å². The van der Waals surface area contributed by atoms with E-state index in [0.29, 0.717) is 0 Å². The number of rotatable bonds is 3. The maximum absolute atomic E-state index is 6.54. The lowest BCUT2D eigenvalue weighted by Gasteiger charge is -2.16. The molecule has 0 aliphatic heterocycles. The standard InChI is InChI=1S/C38H22N2OS/c1-2-11-23(12-3-1)37-28-22-32-36(27-16-5-8-19-31(27)41-32)34(35(28)26-15-4-6-17-29(26)39-37)24-13-10-14-25(21-24)38-40-30-18-7-9-20-33(30)42-38/h1-22H. The summed E-state index contributed by atoms with van der Waals surface area (Å²) in [5.41, 5.74) is 9.17. The van der Waals surface area contributed by atoms with Crippen LogP contribution in [0, 0.1) is 0 Å². The number of pyridine rings is 1. The number of aromatic nitrogens is 2. The minimum Gasteiger partial charge on any atom is -0.456 e. The molecule has 3 nitrogen and oxygen atoms in total. The van der Waals surface area contributed by atoms with Gasteiger partial charge < -0.3 is 4.42 Å². The number of thiazole rings is 1. The van der Waals surface area contributed by atoms with E-state index in [2.05, 4.69) is 115 Å². The highest BCUT2D eigenvalue weighted by molar-refractivity contribution is 7.21. The molecule has 0 saturated carbocycles. The fourth-order valence-corrected chi connectivity index (χ4v) is 7.19. The SMILES string of the molecule is c1ccc(-c2nc3ccccc3c3c(-c4cccc(-c5nc6ccccc6s5)c4)c4c(cc23)oc2ccccc24)cc1. The highest BCUT2D eigenvalue weighted by Crippen LogP contribution is 2.46. The fraction of sp³-hybridized carbons (Fsp3) is 0. The van der Waals surface area contributed by atoms with E-state index in [9.17, 15) is 0 Å². The zero-order chi connectivity index (χ0) is 27.6. The van der Waals surface area contributed by atoms with Gasteiger partial charge in [-0.3, -0.25) is 0 Å². The number of fused-ring (bicyclic) bond motifs is 7. The Bertz CT molecular complexity index is 2440. The average Bonchev–Trinajstić information content (AvgIpc) is 3.65. The molecular formula is C38H22N2OS. The van der Waals surface area contributed by atoms with Crippen LogP contribution in [0.4, 0.5) is 0 Å². The molecule has 0 unspecified atom stereocenters. The second-order valence-electron chi connectivity index (χ2n) is 10.6. The molecule has 4 heteroatoms. The van der Waals surface area contributed by atoms with Crippen molar-refractivity contribution in [2.45, 2.75) is 0 Å². The zero-order valence-electron chi connectivity index (χ0n) is 22.4. The first-order valence-corrected chi connectivity index (χ1v) is 14.8. The molecule has 42 heavy (non-hydrogen) atoms. The Balaban J connectivity index is 1.45. The molecule has 0 bridgehead atoms. The molecule has 3 heterocycles. The van der Waals surface area contributed by atoms with Crippen molar-refractivity contribution in [2.75, 3.05) is 0 Å². The van der Waals surface area contributed by atoms with Crippen molar-refractivity contribution in [3.8, 4) is 33.0 Å². The monoisotopic (exact) mass is 554 g/mol. The second kappa shape index (κ2) is 9.10. The van der Waals surface area contributed by atoms with Gasteiger partial charge in [-0.1, -0.05) is 97.1 Å². The van der Waals surface area contributed by atoms with Gasteiger partial charge in [0, 0.05) is 43.6 Å². The van der Waals surface area contributed by atoms with Gasteiger partial charge in [-0.2, -0.15) is 0 Å². The largest absolute Gasteiger partial charge is 0.456 e. The molecule has 0 atom stereocenters. The third-order valence-electron chi connectivity index (χ3n) is 8.07. The Morgan fingerprint density at radius 1 is 0.476 bits per heavy atom. The normalized spacial score (nSPS) is 11.8. The number of nitrogens with zero attached hydrogens (tertiary/aromatic N) is 2. The Morgan fingerprint density at radius 2 is 1.19 bits per heavy atom. The van der Waals surface area contributed by atoms with Gasteiger partial charge in [0.15, 0.2) is 0 Å². The molecular weight excluding hydrogens is 532 g/mol.